The maximum Gasteiger partial charge on any atom is 0.417 e. The molecule has 0 unspecified atom stereocenters. The van der Waals surface area contributed by atoms with E-state index in [1.165, 1.54) is 25.5 Å². The topological polar surface area (TPSA) is 129 Å². The molecule has 2 heterocycles. The summed E-state index contributed by atoms with van der Waals surface area (Å²) in [6.07, 6.45) is -1.91. The Balaban J connectivity index is 1.41. The van der Waals surface area contributed by atoms with Crippen molar-refractivity contribution in [2.24, 2.45) is 5.10 Å². The Morgan fingerprint density at radius 1 is 1.05 bits per heavy atom. The number of methoxy groups -OCH3 is 1. The molecular weight excluding hydrogens is 601 g/mol. The molecule has 0 aliphatic carbocycles. The number of alkyl halides is 3. The minimum absolute atomic E-state index is 0.0366. The highest BCUT2D eigenvalue weighted by molar-refractivity contribution is 7.87. The molecule has 0 saturated carbocycles. The van der Waals surface area contributed by atoms with Crippen LogP contribution in [0.25, 0.3) is 0 Å². The second-order valence-corrected chi connectivity index (χ2v) is 10.3. The van der Waals surface area contributed by atoms with Gasteiger partial charge < -0.3 is 13.7 Å². The van der Waals surface area contributed by atoms with Crippen LogP contribution in [-0.4, -0.2) is 37.6 Å². The van der Waals surface area contributed by atoms with Gasteiger partial charge in [0.05, 0.1) is 31.5 Å². The van der Waals surface area contributed by atoms with Gasteiger partial charge in [-0.15, -0.1) is 0 Å². The zero-order valence-electron chi connectivity index (χ0n) is 21.5. The van der Waals surface area contributed by atoms with Crippen molar-refractivity contribution in [3.8, 4) is 23.3 Å². The van der Waals surface area contributed by atoms with Gasteiger partial charge in [0.1, 0.15) is 15.7 Å². The van der Waals surface area contributed by atoms with Crippen LogP contribution >= 0.6 is 11.6 Å². The molecule has 42 heavy (non-hydrogen) atoms. The number of carbonyl (C=O) groups excluding carboxylic acids is 1. The van der Waals surface area contributed by atoms with Crippen molar-refractivity contribution in [1.29, 1.82) is 0 Å². The number of pyridine rings is 2. The number of halogens is 4. The first-order valence-electron chi connectivity index (χ1n) is 11.8. The van der Waals surface area contributed by atoms with E-state index in [4.69, 9.17) is 25.3 Å². The van der Waals surface area contributed by atoms with E-state index in [9.17, 15) is 26.4 Å². The molecule has 4 aromatic rings. The number of benzene rings is 2. The average Bonchev–Trinajstić information content (AvgIpc) is 2.95. The highest BCUT2D eigenvalue weighted by atomic mass is 35.5. The predicted molar refractivity (Wildman–Crippen MR) is 145 cm³/mol. The molecule has 218 valence electrons. The maximum absolute atomic E-state index is 12.9. The minimum atomic E-state index is -4.64. The lowest BCUT2D eigenvalue weighted by Gasteiger charge is -2.11. The molecule has 0 fully saturated rings. The van der Waals surface area contributed by atoms with Gasteiger partial charge in [-0.2, -0.15) is 26.7 Å². The van der Waals surface area contributed by atoms with Gasteiger partial charge in [0.25, 0.3) is 0 Å². The molecule has 15 heteroatoms. The number of carbonyl (C=O) groups is 1. The number of nitrogens with zero attached hydrogens (tertiary/aromatic N) is 3. The van der Waals surface area contributed by atoms with Crippen molar-refractivity contribution < 1.29 is 40.0 Å². The number of hydrogen-bond acceptors (Lipinski definition) is 9. The second kappa shape index (κ2) is 12.9. The number of hydrazone groups is 1. The number of nitrogens with one attached hydrogen (secondary N) is 1. The third kappa shape index (κ3) is 7.95. The molecule has 0 aliphatic rings. The van der Waals surface area contributed by atoms with Crippen LogP contribution in [0.4, 0.5) is 13.2 Å². The summed E-state index contributed by atoms with van der Waals surface area (Å²) in [6.45, 7) is 0. The van der Waals surface area contributed by atoms with Gasteiger partial charge in [0.15, 0.2) is 5.75 Å². The van der Waals surface area contributed by atoms with E-state index >= 15 is 0 Å². The van der Waals surface area contributed by atoms with Crippen LogP contribution in [0.2, 0.25) is 5.02 Å². The first-order chi connectivity index (χ1) is 19.9. The maximum atomic E-state index is 12.9. The Bertz CT molecular complexity index is 1720. The summed E-state index contributed by atoms with van der Waals surface area (Å²) < 4.78 is 79.8. The van der Waals surface area contributed by atoms with Gasteiger partial charge >= 0.3 is 16.3 Å². The van der Waals surface area contributed by atoms with Crippen LogP contribution in [0.1, 0.15) is 16.7 Å². The average molecular weight is 621 g/mol. The Morgan fingerprint density at radius 2 is 1.83 bits per heavy atom. The van der Waals surface area contributed by atoms with Gasteiger partial charge in [-0.3, -0.25) is 4.79 Å². The zero-order chi connectivity index (χ0) is 30.3. The number of aromatic nitrogens is 2. The molecule has 4 rings (SSSR count). The quantitative estimate of drug-likeness (QED) is 0.142. The SMILES string of the molecule is COc1cccc(CC(=O)N/N=C/c2ccccc2OS(=O)(=O)c2ccc(Oc3ncc(C(F)(F)F)cc3Cl)nc2)c1. The molecule has 0 bridgehead atoms. The van der Waals surface area contributed by atoms with Crippen LogP contribution < -0.4 is 19.1 Å². The van der Waals surface area contributed by atoms with Crippen molar-refractivity contribution in [3.63, 3.8) is 0 Å². The highest BCUT2D eigenvalue weighted by Gasteiger charge is 2.32. The monoisotopic (exact) mass is 620 g/mol. The molecule has 1 N–H and O–H groups in total. The molecule has 0 spiro atoms. The largest absolute Gasteiger partial charge is 0.497 e. The molecule has 1 amide bonds. The summed E-state index contributed by atoms with van der Waals surface area (Å²) in [7, 11) is -2.87. The number of para-hydroxylation sites is 1. The van der Waals surface area contributed by atoms with Crippen molar-refractivity contribution in [3.05, 3.63) is 101 Å². The first kappa shape index (κ1) is 30.3. The second-order valence-electron chi connectivity index (χ2n) is 8.34. The number of rotatable bonds is 10. The third-order valence-electron chi connectivity index (χ3n) is 5.34. The Kier molecular flexibility index (Phi) is 9.28. The van der Waals surface area contributed by atoms with Crippen molar-refractivity contribution in [1.82, 2.24) is 15.4 Å². The van der Waals surface area contributed by atoms with Crippen LogP contribution in [-0.2, 0) is 27.5 Å². The van der Waals surface area contributed by atoms with Crippen molar-refractivity contribution in [2.75, 3.05) is 7.11 Å². The molecule has 0 radical (unpaired) electrons. The lowest BCUT2D eigenvalue weighted by atomic mass is 10.1. The smallest absolute Gasteiger partial charge is 0.417 e. The van der Waals surface area contributed by atoms with E-state index in [1.54, 1.807) is 36.4 Å². The lowest BCUT2D eigenvalue weighted by molar-refractivity contribution is -0.137. The minimum Gasteiger partial charge on any atom is -0.497 e. The van der Waals surface area contributed by atoms with Gasteiger partial charge in [-0.25, -0.2) is 15.4 Å². The summed E-state index contributed by atoms with van der Waals surface area (Å²) in [5, 5.41) is 3.47. The fourth-order valence-electron chi connectivity index (χ4n) is 3.34. The fraction of sp³-hybridized carbons (Fsp3) is 0.111. The highest BCUT2D eigenvalue weighted by Crippen LogP contribution is 2.34. The normalized spacial score (nSPS) is 11.7. The molecule has 2 aromatic carbocycles. The van der Waals surface area contributed by atoms with Gasteiger partial charge in [-0.05, 0) is 42.0 Å². The Morgan fingerprint density at radius 3 is 2.52 bits per heavy atom. The molecular formula is C27H20ClF3N4O6S. The van der Waals surface area contributed by atoms with Gasteiger partial charge in [0, 0.05) is 17.8 Å². The zero-order valence-corrected chi connectivity index (χ0v) is 23.1. The molecule has 0 saturated heterocycles. The number of ether oxygens (including phenoxy) is 2. The third-order valence-corrected chi connectivity index (χ3v) is 6.83. The van der Waals surface area contributed by atoms with Crippen LogP contribution in [0, 0.1) is 0 Å². The lowest BCUT2D eigenvalue weighted by Crippen LogP contribution is -2.20. The summed E-state index contributed by atoms with van der Waals surface area (Å²) in [6, 6.07) is 16.0. The Labute approximate surface area is 242 Å². The van der Waals surface area contributed by atoms with E-state index in [0.29, 0.717) is 23.6 Å². The van der Waals surface area contributed by atoms with Crippen molar-refractivity contribution >= 4 is 33.8 Å². The van der Waals surface area contributed by atoms with Gasteiger partial charge in [-0.1, -0.05) is 35.9 Å². The van der Waals surface area contributed by atoms with E-state index < -0.39 is 32.8 Å². The molecule has 2 aromatic heterocycles. The molecule has 0 atom stereocenters. The van der Waals surface area contributed by atoms with E-state index in [-0.39, 0.29) is 34.4 Å². The van der Waals surface area contributed by atoms with E-state index in [0.717, 1.165) is 18.3 Å². The first-order valence-corrected chi connectivity index (χ1v) is 13.6. The Hall–Kier alpha value is -4.69. The van der Waals surface area contributed by atoms with E-state index in [2.05, 4.69) is 20.5 Å². The summed E-state index contributed by atoms with van der Waals surface area (Å²) in [5.41, 5.74) is 2.26. The summed E-state index contributed by atoms with van der Waals surface area (Å²) in [5.74, 6) is -0.418. The molecule has 0 aliphatic heterocycles. The number of amides is 1. The van der Waals surface area contributed by atoms with Crippen LogP contribution in [0.15, 0.2) is 89.1 Å². The summed E-state index contributed by atoms with van der Waals surface area (Å²) >= 11 is 5.83. The van der Waals surface area contributed by atoms with Gasteiger partial charge in [0.2, 0.25) is 17.7 Å². The molecule has 10 nitrogen and oxygen atoms in total. The van der Waals surface area contributed by atoms with Crippen LogP contribution in [0.5, 0.6) is 23.3 Å². The predicted octanol–water partition coefficient (Wildman–Crippen LogP) is 5.41. The van der Waals surface area contributed by atoms with Crippen molar-refractivity contribution in [2.45, 2.75) is 17.5 Å². The number of hydrogen-bond donors (Lipinski definition) is 1. The summed E-state index contributed by atoms with van der Waals surface area (Å²) in [4.78, 5) is 19.3. The van der Waals surface area contributed by atoms with Crippen LogP contribution in [0.3, 0.4) is 0 Å². The fourth-order valence-corrected chi connectivity index (χ4v) is 4.45. The standard InChI is InChI=1S/C27H20ClF3N4O6S/c1-39-20-7-4-5-17(11-20)12-24(36)35-34-14-18-6-2-3-8-23(18)41-42(37,38)21-9-10-25(32-16-21)40-26-22(28)13-19(15-33-26)27(29,30)31/h2-11,13-16H,12H2,1H3,(H,35,36)/b34-14+. The van der Waals surface area contributed by atoms with E-state index in [1.807, 2.05) is 0 Å².